The van der Waals surface area contributed by atoms with Gasteiger partial charge in [-0.15, -0.1) is 0 Å². The van der Waals surface area contributed by atoms with E-state index in [0.717, 1.165) is 28.9 Å². The Morgan fingerprint density at radius 3 is 2.47 bits per heavy atom. The molecule has 0 amide bonds. The van der Waals surface area contributed by atoms with Gasteiger partial charge in [-0.05, 0) is 50.5 Å². The van der Waals surface area contributed by atoms with Crippen molar-refractivity contribution >= 4 is 5.78 Å². The maximum atomic E-state index is 11.3. The van der Waals surface area contributed by atoms with Crippen LogP contribution < -0.4 is 4.74 Å². The van der Waals surface area contributed by atoms with Crippen molar-refractivity contribution in [2.45, 2.75) is 34.1 Å². The number of aryl methyl sites for hydroxylation is 2. The van der Waals surface area contributed by atoms with Gasteiger partial charge in [0, 0.05) is 5.56 Å². The molecule has 0 N–H and O–H groups in total. The third-order valence-corrected chi connectivity index (χ3v) is 2.43. The maximum Gasteiger partial charge on any atom is 0.159 e. The summed E-state index contributed by atoms with van der Waals surface area (Å²) >= 11 is 0. The van der Waals surface area contributed by atoms with E-state index in [9.17, 15) is 4.79 Å². The lowest BCUT2D eigenvalue weighted by molar-refractivity contribution is 0.101. The molecule has 1 rings (SSSR count). The predicted molar refractivity (Wildman–Crippen MR) is 61.7 cm³/mol. The number of hydrogen-bond donors (Lipinski definition) is 0. The van der Waals surface area contributed by atoms with E-state index >= 15 is 0 Å². The first-order valence-corrected chi connectivity index (χ1v) is 5.37. The van der Waals surface area contributed by atoms with Crippen molar-refractivity contribution in [1.29, 1.82) is 0 Å². The molecule has 1 aromatic carbocycles. The molecule has 0 aliphatic rings. The summed E-state index contributed by atoms with van der Waals surface area (Å²) in [5, 5.41) is 0. The van der Waals surface area contributed by atoms with Gasteiger partial charge in [-0.1, -0.05) is 6.92 Å². The van der Waals surface area contributed by atoms with E-state index in [0.29, 0.717) is 6.61 Å². The van der Waals surface area contributed by atoms with Gasteiger partial charge in [0.05, 0.1) is 6.61 Å². The third-order valence-electron chi connectivity index (χ3n) is 2.43. The Morgan fingerprint density at radius 2 is 2.00 bits per heavy atom. The monoisotopic (exact) mass is 206 g/mol. The zero-order valence-corrected chi connectivity index (χ0v) is 9.89. The van der Waals surface area contributed by atoms with E-state index < -0.39 is 0 Å². The van der Waals surface area contributed by atoms with Gasteiger partial charge in [0.2, 0.25) is 0 Å². The Kier molecular flexibility index (Phi) is 3.89. The summed E-state index contributed by atoms with van der Waals surface area (Å²) in [7, 11) is 0. The van der Waals surface area contributed by atoms with Crippen molar-refractivity contribution in [3.63, 3.8) is 0 Å². The molecule has 0 spiro atoms. The second-order valence-corrected chi connectivity index (χ2v) is 3.62. The molecule has 0 fully saturated rings. The molecule has 2 nitrogen and oxygen atoms in total. The van der Waals surface area contributed by atoms with Crippen molar-refractivity contribution in [2.75, 3.05) is 6.61 Å². The highest BCUT2D eigenvalue weighted by atomic mass is 16.5. The van der Waals surface area contributed by atoms with Crippen LogP contribution in [-0.2, 0) is 6.42 Å². The number of benzene rings is 1. The third kappa shape index (κ3) is 2.58. The van der Waals surface area contributed by atoms with Crippen LogP contribution in [0.3, 0.4) is 0 Å². The van der Waals surface area contributed by atoms with Crippen LogP contribution in [0, 0.1) is 6.92 Å². The molecule has 2 heteroatoms. The summed E-state index contributed by atoms with van der Waals surface area (Å²) in [6, 6.07) is 3.83. The molecule has 0 heterocycles. The minimum Gasteiger partial charge on any atom is -0.493 e. The average molecular weight is 206 g/mol. The van der Waals surface area contributed by atoms with Crippen molar-refractivity contribution in [3.8, 4) is 5.75 Å². The summed E-state index contributed by atoms with van der Waals surface area (Å²) < 4.78 is 5.58. The number of carbonyl (C=O) groups is 1. The summed E-state index contributed by atoms with van der Waals surface area (Å²) in [5.74, 6) is 1.04. The number of hydrogen-bond acceptors (Lipinski definition) is 2. The van der Waals surface area contributed by atoms with Crippen LogP contribution in [-0.4, -0.2) is 12.4 Å². The average Bonchev–Trinajstić information content (AvgIpc) is 2.20. The molecule has 15 heavy (non-hydrogen) atoms. The van der Waals surface area contributed by atoms with Crippen molar-refractivity contribution in [3.05, 3.63) is 28.8 Å². The SMILES string of the molecule is CCOc1c(C)cc(C(C)=O)cc1CC. The first-order valence-electron chi connectivity index (χ1n) is 5.37. The highest BCUT2D eigenvalue weighted by molar-refractivity contribution is 5.94. The summed E-state index contributed by atoms with van der Waals surface area (Å²) in [5.41, 5.74) is 2.93. The van der Waals surface area contributed by atoms with Gasteiger partial charge in [0.25, 0.3) is 0 Å². The van der Waals surface area contributed by atoms with Crippen molar-refractivity contribution in [1.82, 2.24) is 0 Å². The Bertz CT molecular complexity index is 367. The Balaban J connectivity index is 3.24. The number of Topliss-reactive ketones (excluding diaryl/α,β-unsaturated/α-hetero) is 1. The van der Waals surface area contributed by atoms with E-state index in [1.54, 1.807) is 6.92 Å². The number of ketones is 1. The molecule has 0 saturated heterocycles. The molecule has 1 aromatic rings. The Morgan fingerprint density at radius 1 is 1.33 bits per heavy atom. The van der Waals surface area contributed by atoms with E-state index in [1.807, 2.05) is 26.0 Å². The van der Waals surface area contributed by atoms with Gasteiger partial charge >= 0.3 is 0 Å². The normalized spacial score (nSPS) is 10.1. The minimum atomic E-state index is 0.107. The van der Waals surface area contributed by atoms with E-state index in [4.69, 9.17) is 4.74 Å². The van der Waals surface area contributed by atoms with E-state index in [2.05, 4.69) is 6.92 Å². The Labute approximate surface area is 91.3 Å². The quantitative estimate of drug-likeness (QED) is 0.707. The van der Waals surface area contributed by atoms with Crippen LogP contribution in [0.5, 0.6) is 5.75 Å². The maximum absolute atomic E-state index is 11.3. The molecule has 0 aliphatic carbocycles. The van der Waals surface area contributed by atoms with Gasteiger partial charge in [-0.3, -0.25) is 4.79 Å². The van der Waals surface area contributed by atoms with Crippen molar-refractivity contribution in [2.24, 2.45) is 0 Å². The van der Waals surface area contributed by atoms with Gasteiger partial charge in [0.15, 0.2) is 5.78 Å². The van der Waals surface area contributed by atoms with Crippen LogP contribution >= 0.6 is 0 Å². The predicted octanol–water partition coefficient (Wildman–Crippen LogP) is 3.16. The Hall–Kier alpha value is -1.31. The number of ether oxygens (including phenoxy) is 1. The number of rotatable bonds is 4. The summed E-state index contributed by atoms with van der Waals surface area (Å²) in [6.45, 7) is 8.28. The van der Waals surface area contributed by atoms with Crippen LogP contribution in [0.2, 0.25) is 0 Å². The van der Waals surface area contributed by atoms with E-state index in [1.165, 1.54) is 0 Å². The molecular formula is C13H18O2. The van der Waals surface area contributed by atoms with Crippen LogP contribution in [0.25, 0.3) is 0 Å². The molecule has 0 aliphatic heterocycles. The summed E-state index contributed by atoms with van der Waals surface area (Å²) in [4.78, 5) is 11.3. The molecule has 0 unspecified atom stereocenters. The molecule has 0 atom stereocenters. The zero-order chi connectivity index (χ0) is 11.4. The van der Waals surface area contributed by atoms with Crippen LogP contribution in [0.1, 0.15) is 42.3 Å². The lowest BCUT2D eigenvalue weighted by Crippen LogP contribution is -2.02. The first-order chi connectivity index (χ1) is 7.10. The van der Waals surface area contributed by atoms with Gasteiger partial charge in [-0.2, -0.15) is 0 Å². The van der Waals surface area contributed by atoms with Crippen molar-refractivity contribution < 1.29 is 9.53 Å². The lowest BCUT2D eigenvalue weighted by Gasteiger charge is -2.13. The lowest BCUT2D eigenvalue weighted by atomic mass is 10.0. The highest BCUT2D eigenvalue weighted by Gasteiger charge is 2.09. The second-order valence-electron chi connectivity index (χ2n) is 3.62. The summed E-state index contributed by atoms with van der Waals surface area (Å²) in [6.07, 6.45) is 0.886. The molecule has 82 valence electrons. The molecular weight excluding hydrogens is 188 g/mol. The van der Waals surface area contributed by atoms with Crippen LogP contribution in [0.4, 0.5) is 0 Å². The molecule has 0 bridgehead atoms. The minimum absolute atomic E-state index is 0.107. The number of carbonyl (C=O) groups excluding carboxylic acids is 1. The zero-order valence-electron chi connectivity index (χ0n) is 9.89. The fourth-order valence-electron chi connectivity index (χ4n) is 1.66. The molecule has 0 radical (unpaired) electrons. The fourth-order valence-corrected chi connectivity index (χ4v) is 1.66. The van der Waals surface area contributed by atoms with Gasteiger partial charge in [0.1, 0.15) is 5.75 Å². The van der Waals surface area contributed by atoms with Gasteiger partial charge in [-0.25, -0.2) is 0 Å². The molecule has 0 saturated carbocycles. The van der Waals surface area contributed by atoms with Gasteiger partial charge < -0.3 is 4.74 Å². The fraction of sp³-hybridized carbons (Fsp3) is 0.462. The second kappa shape index (κ2) is 4.96. The standard InChI is InChI=1S/C13H18O2/c1-5-11-8-12(10(4)14)7-9(3)13(11)15-6-2/h7-8H,5-6H2,1-4H3. The van der Waals surface area contributed by atoms with E-state index in [-0.39, 0.29) is 5.78 Å². The molecule has 0 aromatic heterocycles. The van der Waals surface area contributed by atoms with Crippen LogP contribution in [0.15, 0.2) is 12.1 Å². The topological polar surface area (TPSA) is 26.3 Å². The highest BCUT2D eigenvalue weighted by Crippen LogP contribution is 2.26. The first kappa shape index (κ1) is 11.8. The smallest absolute Gasteiger partial charge is 0.159 e. The largest absolute Gasteiger partial charge is 0.493 e.